The number of aliphatic hydroxyl groups excluding tert-OH is 1. The number of carbonyl (C=O) groups is 1. The molecule has 0 aliphatic carbocycles. The quantitative estimate of drug-likeness (QED) is 0.431. The number of allylic oxidation sites excluding steroid dienone is 3. The fourth-order valence-corrected chi connectivity index (χ4v) is 2.26. The molecule has 0 heterocycles. The predicted octanol–water partition coefficient (Wildman–Crippen LogP) is 2.93. The van der Waals surface area contributed by atoms with Gasteiger partial charge in [-0.25, -0.2) is 0 Å². The van der Waals surface area contributed by atoms with Crippen LogP contribution < -0.4 is 0 Å². The Morgan fingerprint density at radius 2 is 2.13 bits per heavy atom. The van der Waals surface area contributed by atoms with Gasteiger partial charge in [-0.1, -0.05) is 23.8 Å². The Hall–Kier alpha value is -0.540. The van der Waals surface area contributed by atoms with E-state index in [-0.39, 0.29) is 4.75 Å². The van der Waals surface area contributed by atoms with Crippen molar-refractivity contribution in [3.8, 4) is 0 Å². The smallest absolute Gasteiger partial charge is 0.121 e. The van der Waals surface area contributed by atoms with Gasteiger partial charge in [0.15, 0.2) is 0 Å². The molecule has 1 N–H and O–H groups in total. The van der Waals surface area contributed by atoms with Gasteiger partial charge in [0.1, 0.15) is 6.29 Å². The van der Waals surface area contributed by atoms with E-state index in [1.54, 1.807) is 6.92 Å². The van der Waals surface area contributed by atoms with Crippen molar-refractivity contribution in [2.75, 3.05) is 0 Å². The molecule has 2 nitrogen and oxygen atoms in total. The summed E-state index contributed by atoms with van der Waals surface area (Å²) < 4.78 is -0.318. The minimum Gasteiger partial charge on any atom is -0.383 e. The van der Waals surface area contributed by atoms with Crippen molar-refractivity contribution < 1.29 is 9.90 Å². The summed E-state index contributed by atoms with van der Waals surface area (Å²) in [6.07, 6.45) is 7.20. The number of aliphatic hydroxyl groups is 1. The first-order valence-electron chi connectivity index (χ1n) is 5.02. The molecule has 0 rings (SSSR count). The van der Waals surface area contributed by atoms with Gasteiger partial charge in [-0.15, -0.1) is 11.8 Å². The summed E-state index contributed by atoms with van der Waals surface area (Å²) in [5.74, 6) is 0. The Balaban J connectivity index is 4.56. The highest BCUT2D eigenvalue weighted by Crippen LogP contribution is 2.32. The lowest BCUT2D eigenvalue weighted by atomic mass is 10.1. The molecule has 0 spiro atoms. The van der Waals surface area contributed by atoms with Crippen molar-refractivity contribution in [3.63, 3.8) is 0 Å². The van der Waals surface area contributed by atoms with Crippen molar-refractivity contribution in [2.24, 2.45) is 0 Å². The van der Waals surface area contributed by atoms with Crippen LogP contribution in [0.15, 0.2) is 23.8 Å². The highest BCUT2D eigenvalue weighted by atomic mass is 32.2. The van der Waals surface area contributed by atoms with Crippen LogP contribution in [0, 0.1) is 0 Å². The van der Waals surface area contributed by atoms with Crippen LogP contribution in [-0.2, 0) is 4.79 Å². The molecular weight excluding hydrogens is 208 g/mol. The molecule has 86 valence electrons. The molecule has 3 heteroatoms. The summed E-state index contributed by atoms with van der Waals surface area (Å²) in [5.41, 5.74) is 0.744. The second kappa shape index (κ2) is 6.85. The molecule has 2 atom stereocenters. The minimum absolute atomic E-state index is 0.318. The van der Waals surface area contributed by atoms with E-state index in [1.807, 2.05) is 39.0 Å². The first-order chi connectivity index (χ1) is 6.89. The second-order valence-electron chi connectivity index (χ2n) is 4.00. The standard InChI is InChI=1S/C12H20O2S/c1-10(2)6-5-7-12(4,8-9-13)15-11(3)14/h5-7,9,11,14H,8H2,1-4H3. The van der Waals surface area contributed by atoms with Crippen molar-refractivity contribution in [2.45, 2.75) is 44.3 Å². The Morgan fingerprint density at radius 3 is 2.53 bits per heavy atom. The van der Waals surface area contributed by atoms with Gasteiger partial charge in [-0.3, -0.25) is 0 Å². The number of rotatable bonds is 6. The number of hydrogen-bond acceptors (Lipinski definition) is 3. The molecule has 15 heavy (non-hydrogen) atoms. The average molecular weight is 228 g/mol. The van der Waals surface area contributed by atoms with Gasteiger partial charge in [-0.2, -0.15) is 0 Å². The number of aldehydes is 1. The molecule has 0 saturated carbocycles. The van der Waals surface area contributed by atoms with E-state index >= 15 is 0 Å². The molecule has 0 radical (unpaired) electrons. The molecular formula is C12H20O2S. The maximum Gasteiger partial charge on any atom is 0.121 e. The van der Waals surface area contributed by atoms with E-state index in [2.05, 4.69) is 0 Å². The predicted molar refractivity (Wildman–Crippen MR) is 66.9 cm³/mol. The third kappa shape index (κ3) is 7.40. The lowest BCUT2D eigenvalue weighted by Crippen LogP contribution is -2.20. The van der Waals surface area contributed by atoms with Crippen LogP contribution in [0.1, 0.15) is 34.1 Å². The van der Waals surface area contributed by atoms with Gasteiger partial charge in [-0.05, 0) is 27.7 Å². The fraction of sp³-hybridized carbons (Fsp3) is 0.583. The highest BCUT2D eigenvalue weighted by Gasteiger charge is 2.22. The van der Waals surface area contributed by atoms with Gasteiger partial charge in [0.05, 0.1) is 5.44 Å². The topological polar surface area (TPSA) is 37.3 Å². The molecule has 2 unspecified atom stereocenters. The first kappa shape index (κ1) is 14.5. The minimum atomic E-state index is -0.466. The Morgan fingerprint density at radius 1 is 1.53 bits per heavy atom. The van der Waals surface area contributed by atoms with Crippen LogP contribution in [0.4, 0.5) is 0 Å². The van der Waals surface area contributed by atoms with Crippen LogP contribution in [0.3, 0.4) is 0 Å². The van der Waals surface area contributed by atoms with Gasteiger partial charge < -0.3 is 9.90 Å². The van der Waals surface area contributed by atoms with Crippen LogP contribution in [-0.4, -0.2) is 21.6 Å². The maximum absolute atomic E-state index is 10.6. The van der Waals surface area contributed by atoms with Gasteiger partial charge in [0.2, 0.25) is 0 Å². The second-order valence-corrected chi connectivity index (χ2v) is 5.85. The Bertz CT molecular complexity index is 252. The van der Waals surface area contributed by atoms with E-state index in [9.17, 15) is 9.90 Å². The summed E-state index contributed by atoms with van der Waals surface area (Å²) in [6, 6.07) is 0. The van der Waals surface area contributed by atoms with Gasteiger partial charge in [0.25, 0.3) is 0 Å². The van der Waals surface area contributed by atoms with E-state index in [4.69, 9.17) is 0 Å². The number of thioether (sulfide) groups is 1. The number of carbonyl (C=O) groups excluding carboxylic acids is 1. The monoisotopic (exact) mass is 228 g/mol. The fourth-order valence-electron chi connectivity index (χ4n) is 1.15. The molecule has 0 saturated heterocycles. The third-order valence-electron chi connectivity index (χ3n) is 1.81. The van der Waals surface area contributed by atoms with Crippen molar-refractivity contribution >= 4 is 18.0 Å². The highest BCUT2D eigenvalue weighted by molar-refractivity contribution is 8.01. The van der Waals surface area contributed by atoms with E-state index in [0.29, 0.717) is 6.42 Å². The zero-order valence-corrected chi connectivity index (χ0v) is 10.7. The van der Waals surface area contributed by atoms with Crippen molar-refractivity contribution in [1.82, 2.24) is 0 Å². The van der Waals surface area contributed by atoms with E-state index in [0.717, 1.165) is 6.29 Å². The van der Waals surface area contributed by atoms with Crippen molar-refractivity contribution in [3.05, 3.63) is 23.8 Å². The largest absolute Gasteiger partial charge is 0.383 e. The third-order valence-corrected chi connectivity index (χ3v) is 2.99. The summed E-state index contributed by atoms with van der Waals surface area (Å²) in [5, 5.41) is 9.32. The molecule has 0 aliphatic rings. The molecule has 0 amide bonds. The maximum atomic E-state index is 10.6. The number of hydrogen-bond donors (Lipinski definition) is 1. The normalized spacial score (nSPS) is 17.1. The Kier molecular flexibility index (Phi) is 6.61. The molecule has 0 aliphatic heterocycles. The van der Waals surface area contributed by atoms with Crippen LogP contribution in [0.5, 0.6) is 0 Å². The van der Waals surface area contributed by atoms with Crippen molar-refractivity contribution in [1.29, 1.82) is 0 Å². The summed E-state index contributed by atoms with van der Waals surface area (Å²) in [4.78, 5) is 10.6. The van der Waals surface area contributed by atoms with Crippen LogP contribution in [0.2, 0.25) is 0 Å². The molecule has 0 aromatic heterocycles. The van der Waals surface area contributed by atoms with Gasteiger partial charge >= 0.3 is 0 Å². The van der Waals surface area contributed by atoms with Crippen LogP contribution in [0.25, 0.3) is 0 Å². The molecule has 0 fully saturated rings. The summed E-state index contributed by atoms with van der Waals surface area (Å²) in [6.45, 7) is 7.70. The SMILES string of the molecule is CC(C)=CC=CC(C)(CC=O)SC(C)O. The zero-order valence-electron chi connectivity index (χ0n) is 9.86. The zero-order chi connectivity index (χ0) is 11.9. The molecule has 0 aromatic carbocycles. The lowest BCUT2D eigenvalue weighted by molar-refractivity contribution is -0.108. The van der Waals surface area contributed by atoms with Crippen LogP contribution >= 0.6 is 11.8 Å². The van der Waals surface area contributed by atoms with E-state index in [1.165, 1.54) is 17.3 Å². The lowest BCUT2D eigenvalue weighted by Gasteiger charge is -2.24. The average Bonchev–Trinajstić information content (AvgIpc) is 2.01. The summed E-state index contributed by atoms with van der Waals surface area (Å²) in [7, 11) is 0. The van der Waals surface area contributed by atoms with Gasteiger partial charge in [0, 0.05) is 11.2 Å². The Labute approximate surface area is 96.5 Å². The molecule has 0 bridgehead atoms. The summed E-state index contributed by atoms with van der Waals surface area (Å²) >= 11 is 1.39. The molecule has 0 aromatic rings. The first-order valence-corrected chi connectivity index (χ1v) is 5.90. The van der Waals surface area contributed by atoms with E-state index < -0.39 is 5.44 Å².